The summed E-state index contributed by atoms with van der Waals surface area (Å²) in [6.07, 6.45) is 16.6. The van der Waals surface area contributed by atoms with Crippen molar-refractivity contribution in [3.05, 3.63) is 268 Å². The van der Waals surface area contributed by atoms with Gasteiger partial charge in [0.05, 0.1) is 29.1 Å². The van der Waals surface area contributed by atoms with E-state index >= 15 is 0 Å². The summed E-state index contributed by atoms with van der Waals surface area (Å²) in [6.45, 7) is 9.16. The number of fused-ring (bicyclic) bond motifs is 4. The zero-order chi connectivity index (χ0) is 71.3. The lowest BCUT2D eigenvalue weighted by Crippen LogP contribution is -2.46. The Bertz CT molecular complexity index is 4880. The van der Waals surface area contributed by atoms with E-state index in [1.54, 1.807) is 38.4 Å². The van der Waals surface area contributed by atoms with Crippen molar-refractivity contribution >= 4 is 74.8 Å². The second-order valence-corrected chi connectivity index (χ2v) is 34.3. The molecular weight excluding hydrogens is 1340 g/mol. The molecule has 8 aliphatic heterocycles. The molecule has 18 heteroatoms. The third-order valence-corrected chi connectivity index (χ3v) is 25.4. The number of hydrogen-bond acceptors (Lipinski definition) is 12. The van der Waals surface area contributed by atoms with Crippen molar-refractivity contribution in [2.24, 2.45) is 5.14 Å². The van der Waals surface area contributed by atoms with Crippen molar-refractivity contribution in [1.82, 2.24) is 30.3 Å². The highest BCUT2D eigenvalue weighted by Gasteiger charge is 2.42. The van der Waals surface area contributed by atoms with Crippen LogP contribution in [0.3, 0.4) is 0 Å². The Labute approximate surface area is 610 Å². The summed E-state index contributed by atoms with van der Waals surface area (Å²) in [5.41, 5.74) is 12.7. The van der Waals surface area contributed by atoms with Gasteiger partial charge in [0.2, 0.25) is 0 Å². The molecule has 538 valence electrons. The Morgan fingerprint density at radius 3 is 0.981 bits per heavy atom. The van der Waals surface area contributed by atoms with Gasteiger partial charge in [0.1, 0.15) is 45.4 Å². The molecule has 4 fully saturated rings. The average molecular weight is 1440 g/mol. The van der Waals surface area contributed by atoms with Crippen LogP contribution in [0.1, 0.15) is 121 Å². The van der Waals surface area contributed by atoms with E-state index in [0.717, 1.165) is 193 Å². The number of Topliss-reactive ketones (excluding diaryl/α,β-unsaturated/α-hetero) is 1. The van der Waals surface area contributed by atoms with E-state index in [2.05, 4.69) is 141 Å². The molecule has 15 nitrogen and oxygen atoms in total. The first kappa shape index (κ1) is 74.1. The number of rotatable bonds is 10. The fraction of sp³-hybridized carbons (Fsp3) is 0.294. The molecule has 4 spiro atoms. The summed E-state index contributed by atoms with van der Waals surface area (Å²) in [7, 11) is -2.53. The monoisotopic (exact) mass is 1440 g/mol. The molecule has 8 aromatic rings. The molecule has 0 amide bonds. The van der Waals surface area contributed by atoms with Crippen LogP contribution in [0, 0.1) is 0 Å². The van der Waals surface area contributed by atoms with E-state index in [1.165, 1.54) is 11.1 Å². The average Bonchev–Trinajstić information content (AvgIpc) is 0.762. The lowest BCUT2D eigenvalue weighted by atomic mass is 9.83. The number of nitrogens with two attached hydrogens (primary N) is 1. The fourth-order valence-electron chi connectivity index (χ4n) is 14.6. The maximum absolute atomic E-state index is 13.1. The van der Waals surface area contributed by atoms with Crippen LogP contribution in [0.2, 0.25) is 0 Å². The van der Waals surface area contributed by atoms with Crippen molar-refractivity contribution in [2.75, 3.05) is 73.5 Å². The third kappa shape index (κ3) is 16.3. The molecule has 0 aromatic heterocycles. The predicted octanol–water partition coefficient (Wildman–Crippen LogP) is 13.1. The third-order valence-electron chi connectivity index (χ3n) is 20.5. The lowest BCUT2D eigenvalue weighted by molar-refractivity contribution is 0.0813. The molecule has 7 N–H and O–H groups in total. The summed E-state index contributed by atoms with van der Waals surface area (Å²) in [5.74, 6) is 14.9. The van der Waals surface area contributed by atoms with Crippen LogP contribution in [0.15, 0.2) is 233 Å². The van der Waals surface area contributed by atoms with E-state index in [9.17, 15) is 17.4 Å². The van der Waals surface area contributed by atoms with Crippen LogP contribution in [0.5, 0.6) is 23.0 Å². The molecule has 4 saturated heterocycles. The molecule has 0 bridgehead atoms. The van der Waals surface area contributed by atoms with Gasteiger partial charge in [-0.25, -0.2) is 21.7 Å². The van der Waals surface area contributed by atoms with Gasteiger partial charge in [-0.2, -0.15) is 0 Å². The molecule has 8 aliphatic rings. The van der Waals surface area contributed by atoms with Gasteiger partial charge < -0.3 is 40.2 Å². The number of nitrogens with one attached hydrogen (secondary N) is 5. The van der Waals surface area contributed by atoms with Crippen LogP contribution < -0.4 is 50.1 Å². The summed E-state index contributed by atoms with van der Waals surface area (Å²) >= 11 is 0. The van der Waals surface area contributed by atoms with E-state index in [4.69, 9.17) is 24.1 Å². The van der Waals surface area contributed by atoms with E-state index in [0.29, 0.717) is 9.79 Å². The number of piperidine rings is 4. The number of carbonyl (C=O) groups excluding carboxylic acids is 1. The molecule has 3 atom stereocenters. The number of benzene rings is 8. The first-order valence-electron chi connectivity index (χ1n) is 35.1. The molecule has 0 saturated carbocycles. The Kier molecular flexibility index (Phi) is 22.3. The van der Waals surface area contributed by atoms with Crippen molar-refractivity contribution in [3.8, 4) is 23.0 Å². The molecule has 3 unspecified atom stereocenters. The van der Waals surface area contributed by atoms with Crippen molar-refractivity contribution in [3.63, 3.8) is 0 Å². The van der Waals surface area contributed by atoms with Crippen LogP contribution >= 0.6 is 0 Å². The Morgan fingerprint density at radius 1 is 0.417 bits per heavy atom. The number of nitrogens with zero attached hydrogens (tertiary/aromatic N) is 1. The Balaban J connectivity index is 0.000000129. The summed E-state index contributed by atoms with van der Waals surface area (Å²) in [6, 6.07) is 64.1. The molecule has 8 heterocycles. The summed E-state index contributed by atoms with van der Waals surface area (Å²) < 4.78 is 68.3. The highest BCUT2D eigenvalue weighted by atomic mass is 32.2. The van der Waals surface area contributed by atoms with E-state index in [1.807, 2.05) is 115 Å². The Morgan fingerprint density at radius 2 is 0.689 bits per heavy atom. The molecule has 103 heavy (non-hydrogen) atoms. The summed E-state index contributed by atoms with van der Waals surface area (Å²) in [5, 5.41) is 19.4. The number of ether oxygens (including phenoxy) is 4. The highest BCUT2D eigenvalue weighted by molar-refractivity contribution is 7.99. The van der Waals surface area contributed by atoms with E-state index < -0.39 is 29.1 Å². The van der Waals surface area contributed by atoms with Crippen LogP contribution in [0.25, 0.3) is 22.3 Å². The largest absolute Gasteiger partial charge is 0.482 e. The SMILES string of the molecule is C.C=S(=O)(NC)c1ccc2c(c1)C(c1ccccc1)=CC1(CCNCC1)O2.C=S(=O)(c1ccc2c(c1)C(c1ccccc1)=CC1(CCNCC1)O2)N(C)C.C=S(N)(=O)c1ccc2c(c1)C(c1ccccc1)=CC1(CCNCC1)O2.CC(=O)c1ccc2c(c1)C(c1ccccc1)=CC1(CCNCC1)O2. The highest BCUT2D eigenvalue weighted by Crippen LogP contribution is 2.48. The van der Waals surface area contributed by atoms with Gasteiger partial charge in [-0.1, -0.05) is 129 Å². The van der Waals surface area contributed by atoms with E-state index in [-0.39, 0.29) is 35.6 Å². The minimum atomic E-state index is -2.77. The second kappa shape index (κ2) is 31.0. The topological polar surface area (TPSA) is 195 Å². The first-order chi connectivity index (χ1) is 49.1. The van der Waals surface area contributed by atoms with Crippen LogP contribution in [-0.4, -0.2) is 136 Å². The molecular formula is C85H97N7O8S3. The second-order valence-electron chi connectivity index (χ2n) is 27.7. The molecule has 0 radical (unpaired) electrons. The van der Waals surface area contributed by atoms with Crippen LogP contribution in [-0.2, 0) is 29.1 Å². The minimum absolute atomic E-state index is 0. The number of carbonyl (C=O) groups is 1. The first-order valence-corrected chi connectivity index (χ1v) is 40.3. The van der Waals surface area contributed by atoms with Gasteiger partial charge in [-0.05, 0) is 240 Å². The molecule has 0 aliphatic carbocycles. The quantitative estimate of drug-likeness (QED) is 0.0561. The van der Waals surface area contributed by atoms with Gasteiger partial charge in [0.15, 0.2) is 5.78 Å². The number of hydrogen-bond donors (Lipinski definition) is 6. The lowest BCUT2D eigenvalue weighted by Gasteiger charge is -2.40. The molecule has 8 aromatic carbocycles. The predicted molar refractivity (Wildman–Crippen MR) is 426 cm³/mol. The maximum atomic E-state index is 13.1. The van der Waals surface area contributed by atoms with Gasteiger partial charge in [-0.15, -0.1) is 0 Å². The van der Waals surface area contributed by atoms with Crippen LogP contribution in [0.4, 0.5) is 0 Å². The zero-order valence-electron chi connectivity index (χ0n) is 58.7. The van der Waals surface area contributed by atoms with Crippen molar-refractivity contribution in [2.45, 2.75) is 103 Å². The number of ketones is 1. The van der Waals surface area contributed by atoms with Gasteiger partial charge >= 0.3 is 0 Å². The van der Waals surface area contributed by atoms with Crippen molar-refractivity contribution < 1.29 is 36.4 Å². The van der Waals surface area contributed by atoms with Crippen molar-refractivity contribution in [1.29, 1.82) is 0 Å². The van der Waals surface area contributed by atoms with Gasteiger partial charge in [0.25, 0.3) is 0 Å². The summed E-state index contributed by atoms with van der Waals surface area (Å²) in [4.78, 5) is 13.7. The minimum Gasteiger partial charge on any atom is -0.482 e. The smallest absolute Gasteiger partial charge is 0.159 e. The zero-order valence-corrected chi connectivity index (χ0v) is 61.2. The van der Waals surface area contributed by atoms with Gasteiger partial charge in [0, 0.05) is 93.9 Å². The fourth-order valence-corrected chi connectivity index (χ4v) is 17.0. The normalized spacial score (nSPS) is 19.9. The maximum Gasteiger partial charge on any atom is 0.159 e. The van der Waals surface area contributed by atoms with Gasteiger partial charge in [-0.3, -0.25) is 9.93 Å². The molecule has 16 rings (SSSR count). The Hall–Kier alpha value is -8.63. The standard InChI is InChI=1S/C22H26N2O2S.C21H24N2O2S.C21H21NO2.C20H22N2O2S.CH4/c1-24(2)27(3,25)18-9-10-21-19(15-18)20(17-7-5-4-6-8-17)16-22(26-21)11-13-23-14-12-22;1-22-26(2,24)17-8-9-20-18(14-17)19(16-6-4-3-5-7-16)15-21(25-20)10-12-23-13-11-21;1-15(23)17-7-8-20-18(13-17)19(16-5-3-2-4-6-16)14-21(24-20)9-11-22-12-10-21;1-25(21,23)16-7-8-19-17(13-16)18(15-5-3-2-4-6-15)14-20(24-19)9-11-22-12-10-20;/h4-10,15-16,23H,3,11-14H2,1-2H3;3-9,14-15,23H,2,10-13H2,1H3,(H,22,24);2-8,13-14,22H,9-12H2,1H3;2-8,13-14,22H,1,9-12H2,(H2,21,23);1H4.